The zero-order valence-electron chi connectivity index (χ0n) is 26.0. The summed E-state index contributed by atoms with van der Waals surface area (Å²) >= 11 is 6.33. The SMILES string of the molecule is O=C(NC1CC1)c1ccc(OCC(=O)N2CCc3nc4ccccn4c3C2c2ccc(OCCOCc3ccccc3)cc2F)c(Cl)n1. The molecule has 10 nitrogen and oxygen atoms in total. The standard InChI is InChI=1S/C36H33ClFN5O5/c37-35-30(14-13-29(41-35)36(45)39-24-9-10-24)48-22-32(44)43-17-15-28-34(42-16-5-4-8-31(42)40-28)33(43)26-12-11-25(20-27(26)38)47-19-18-46-21-23-6-2-1-3-7-23/h1-8,11-14,16,20,24,33H,9-10,15,17-19,21-22H2,(H,39,45). The zero-order valence-corrected chi connectivity index (χ0v) is 26.7. The van der Waals surface area contributed by atoms with Crippen LogP contribution >= 0.6 is 11.6 Å². The molecular formula is C36H33ClFN5O5. The van der Waals surface area contributed by atoms with E-state index in [1.807, 2.05) is 59.1 Å². The number of hydrogen-bond donors (Lipinski definition) is 1. The Balaban J connectivity index is 1.07. The number of fused-ring (bicyclic) bond motifs is 3. The van der Waals surface area contributed by atoms with Gasteiger partial charge in [-0.1, -0.05) is 48.0 Å². The van der Waals surface area contributed by atoms with Crippen molar-refractivity contribution >= 4 is 29.1 Å². The van der Waals surface area contributed by atoms with Gasteiger partial charge in [-0.2, -0.15) is 0 Å². The van der Waals surface area contributed by atoms with Crippen LogP contribution in [0.3, 0.4) is 0 Å². The molecule has 0 bridgehead atoms. The monoisotopic (exact) mass is 669 g/mol. The molecule has 12 heteroatoms. The maximum Gasteiger partial charge on any atom is 0.270 e. The molecule has 1 N–H and O–H groups in total. The van der Waals surface area contributed by atoms with Crippen LogP contribution in [-0.2, 0) is 22.6 Å². The summed E-state index contributed by atoms with van der Waals surface area (Å²) in [5, 5.41) is 2.83. The van der Waals surface area contributed by atoms with E-state index in [0.29, 0.717) is 48.8 Å². The third-order valence-corrected chi connectivity index (χ3v) is 8.58. The predicted octanol–water partition coefficient (Wildman–Crippen LogP) is 5.56. The highest BCUT2D eigenvalue weighted by atomic mass is 35.5. The Bertz CT molecular complexity index is 1950. The maximum absolute atomic E-state index is 16.0. The van der Waals surface area contributed by atoms with E-state index in [1.165, 1.54) is 18.2 Å². The molecular weight excluding hydrogens is 637 g/mol. The summed E-state index contributed by atoms with van der Waals surface area (Å²) in [6.45, 7) is 0.970. The van der Waals surface area contributed by atoms with Crippen LogP contribution in [0.1, 0.15) is 51.9 Å². The fraction of sp³-hybridized carbons (Fsp3) is 0.278. The largest absolute Gasteiger partial charge is 0.491 e. The van der Waals surface area contributed by atoms with Gasteiger partial charge in [-0.15, -0.1) is 0 Å². The third-order valence-electron chi connectivity index (χ3n) is 8.31. The molecule has 0 radical (unpaired) electrons. The lowest BCUT2D eigenvalue weighted by Gasteiger charge is -2.36. The van der Waals surface area contributed by atoms with Gasteiger partial charge < -0.3 is 28.8 Å². The topological polar surface area (TPSA) is 107 Å². The van der Waals surface area contributed by atoms with Crippen molar-refractivity contribution in [2.75, 3.05) is 26.4 Å². The first-order valence-electron chi connectivity index (χ1n) is 15.8. The van der Waals surface area contributed by atoms with Crippen molar-refractivity contribution in [1.82, 2.24) is 24.6 Å². The number of nitrogens with one attached hydrogen (secondary N) is 1. The van der Waals surface area contributed by atoms with Gasteiger partial charge in [0.15, 0.2) is 17.5 Å². The Morgan fingerprint density at radius 3 is 2.58 bits per heavy atom. The van der Waals surface area contributed by atoms with Crippen LogP contribution < -0.4 is 14.8 Å². The quantitative estimate of drug-likeness (QED) is 0.137. The number of hydrogen-bond acceptors (Lipinski definition) is 7. The van der Waals surface area contributed by atoms with Gasteiger partial charge in [0.25, 0.3) is 11.8 Å². The van der Waals surface area contributed by atoms with E-state index in [2.05, 4.69) is 10.3 Å². The van der Waals surface area contributed by atoms with Crippen LogP contribution in [0.25, 0.3) is 5.65 Å². The van der Waals surface area contributed by atoms with Gasteiger partial charge in [-0.3, -0.25) is 9.59 Å². The van der Waals surface area contributed by atoms with E-state index in [9.17, 15) is 9.59 Å². The maximum atomic E-state index is 16.0. The molecule has 7 rings (SSSR count). The molecule has 1 atom stereocenters. The van der Waals surface area contributed by atoms with Crippen molar-refractivity contribution < 1.29 is 28.2 Å². The minimum absolute atomic E-state index is 0.0300. The summed E-state index contributed by atoms with van der Waals surface area (Å²) in [5.41, 5.74) is 3.73. The lowest BCUT2D eigenvalue weighted by molar-refractivity contribution is -0.135. The molecule has 246 valence electrons. The minimum atomic E-state index is -0.785. The van der Waals surface area contributed by atoms with Gasteiger partial charge >= 0.3 is 0 Å². The molecule has 2 aromatic carbocycles. The molecule has 1 aliphatic carbocycles. The molecule has 0 spiro atoms. The van der Waals surface area contributed by atoms with Crippen molar-refractivity contribution in [3.05, 3.63) is 124 Å². The van der Waals surface area contributed by atoms with Crippen LogP contribution in [0.5, 0.6) is 11.5 Å². The van der Waals surface area contributed by atoms with Crippen molar-refractivity contribution in [3.8, 4) is 11.5 Å². The molecule has 3 aromatic heterocycles. The average molecular weight is 670 g/mol. The number of rotatable bonds is 12. The second kappa shape index (κ2) is 14.0. The molecule has 48 heavy (non-hydrogen) atoms. The summed E-state index contributed by atoms with van der Waals surface area (Å²) in [7, 11) is 0. The first kappa shape index (κ1) is 31.6. The highest BCUT2D eigenvalue weighted by Gasteiger charge is 2.37. The highest BCUT2D eigenvalue weighted by molar-refractivity contribution is 6.31. The average Bonchev–Trinajstić information content (AvgIpc) is 3.84. The number of amides is 2. The summed E-state index contributed by atoms with van der Waals surface area (Å²) in [6.07, 6.45) is 4.24. The first-order chi connectivity index (χ1) is 23.4. The van der Waals surface area contributed by atoms with Gasteiger partial charge in [0.2, 0.25) is 0 Å². The number of aromatic nitrogens is 3. The summed E-state index contributed by atoms with van der Waals surface area (Å²) < 4.78 is 35.1. The van der Waals surface area contributed by atoms with E-state index >= 15 is 4.39 Å². The number of pyridine rings is 2. The number of nitrogens with zero attached hydrogens (tertiary/aromatic N) is 4. The molecule has 2 amide bonds. The van der Waals surface area contributed by atoms with Crippen molar-refractivity contribution in [3.63, 3.8) is 0 Å². The van der Waals surface area contributed by atoms with Crippen molar-refractivity contribution in [1.29, 1.82) is 0 Å². The molecule has 0 saturated heterocycles. The van der Waals surface area contributed by atoms with Gasteiger partial charge in [-0.05, 0) is 54.8 Å². The minimum Gasteiger partial charge on any atom is -0.491 e. The number of imidazole rings is 1. The lowest BCUT2D eigenvalue weighted by Crippen LogP contribution is -2.43. The second-order valence-electron chi connectivity index (χ2n) is 11.7. The fourth-order valence-corrected chi connectivity index (χ4v) is 6.00. The Morgan fingerprint density at radius 2 is 1.79 bits per heavy atom. The molecule has 1 aliphatic heterocycles. The van der Waals surface area contributed by atoms with E-state index in [4.69, 9.17) is 30.8 Å². The van der Waals surface area contributed by atoms with E-state index in [-0.39, 0.29) is 47.7 Å². The van der Waals surface area contributed by atoms with Crippen LogP contribution in [0.15, 0.2) is 85.1 Å². The second-order valence-corrected chi connectivity index (χ2v) is 12.1. The van der Waals surface area contributed by atoms with Crippen molar-refractivity contribution in [2.45, 2.75) is 38.0 Å². The molecule has 1 saturated carbocycles. The van der Waals surface area contributed by atoms with Crippen LogP contribution in [0, 0.1) is 5.82 Å². The highest BCUT2D eigenvalue weighted by Crippen LogP contribution is 2.38. The number of halogens is 2. The van der Waals surface area contributed by atoms with E-state index in [1.54, 1.807) is 17.0 Å². The zero-order chi connectivity index (χ0) is 33.0. The van der Waals surface area contributed by atoms with Crippen LogP contribution in [0.2, 0.25) is 5.15 Å². The van der Waals surface area contributed by atoms with Gasteiger partial charge in [-0.25, -0.2) is 14.4 Å². The van der Waals surface area contributed by atoms with E-state index in [0.717, 1.165) is 24.1 Å². The first-order valence-corrected chi connectivity index (χ1v) is 16.2. The molecule has 5 aromatic rings. The molecule has 2 aliphatic rings. The number of carbonyl (C=O) groups excluding carboxylic acids is 2. The van der Waals surface area contributed by atoms with Gasteiger partial charge in [0.05, 0.1) is 24.6 Å². The predicted molar refractivity (Wildman–Crippen MR) is 176 cm³/mol. The Hall–Kier alpha value is -5.00. The fourth-order valence-electron chi connectivity index (χ4n) is 5.79. The number of carbonyl (C=O) groups is 2. The molecule has 1 unspecified atom stereocenters. The lowest BCUT2D eigenvalue weighted by atomic mass is 9.94. The molecule has 4 heterocycles. The van der Waals surface area contributed by atoms with Crippen LogP contribution in [-0.4, -0.2) is 63.5 Å². The third kappa shape index (κ3) is 6.97. The van der Waals surface area contributed by atoms with Gasteiger partial charge in [0.1, 0.15) is 35.6 Å². The Labute approximate surface area is 281 Å². The summed E-state index contributed by atoms with van der Waals surface area (Å²) in [4.78, 5) is 36.7. The Morgan fingerprint density at radius 1 is 0.958 bits per heavy atom. The van der Waals surface area contributed by atoms with E-state index < -0.39 is 11.9 Å². The van der Waals surface area contributed by atoms with Gasteiger partial charge in [0, 0.05) is 36.8 Å². The number of ether oxygens (including phenoxy) is 3. The van der Waals surface area contributed by atoms with Crippen LogP contribution in [0.4, 0.5) is 4.39 Å². The summed E-state index contributed by atoms with van der Waals surface area (Å²) in [5.74, 6) is -0.688. The normalized spacial score (nSPS) is 15.6. The molecule has 1 fully saturated rings. The summed E-state index contributed by atoms with van der Waals surface area (Å²) in [6, 6.07) is 22.5. The number of benzene rings is 2. The Kier molecular flexibility index (Phi) is 9.22. The smallest absolute Gasteiger partial charge is 0.270 e. The van der Waals surface area contributed by atoms with Crippen molar-refractivity contribution in [2.24, 2.45) is 0 Å².